The molecule has 0 bridgehead atoms. The summed E-state index contributed by atoms with van der Waals surface area (Å²) in [7, 11) is 0. The van der Waals surface area contributed by atoms with Crippen LogP contribution in [-0.2, 0) is 32.3 Å². The van der Waals surface area contributed by atoms with Crippen LogP contribution in [0.5, 0.6) is 0 Å². The topological polar surface area (TPSA) is 169 Å². The third kappa shape index (κ3) is 8.87. The number of rotatable bonds is 11. The van der Waals surface area contributed by atoms with Gasteiger partial charge in [0, 0.05) is 70.5 Å². The van der Waals surface area contributed by atoms with Crippen LogP contribution in [0, 0.1) is 29.3 Å². The Labute approximate surface area is 336 Å². The van der Waals surface area contributed by atoms with Gasteiger partial charge in [0.1, 0.15) is 17.8 Å². The first-order chi connectivity index (χ1) is 27.4. The number of nitrogens with zero attached hydrogens (tertiary/aromatic N) is 2. The highest BCUT2D eigenvalue weighted by molar-refractivity contribution is 6.31. The van der Waals surface area contributed by atoms with Crippen molar-refractivity contribution in [3.8, 4) is 11.8 Å². The summed E-state index contributed by atoms with van der Waals surface area (Å²) in [6.45, 7) is 4.60. The Morgan fingerprint density at radius 3 is 2.45 bits per heavy atom. The van der Waals surface area contributed by atoms with Crippen molar-refractivity contribution < 1.29 is 47.0 Å². The zero-order valence-corrected chi connectivity index (χ0v) is 32.5. The zero-order valence-electron chi connectivity index (χ0n) is 31.7. The number of unbranched alkanes of at least 4 members (excludes halogenated alkanes) is 2. The lowest BCUT2D eigenvalue weighted by atomic mass is 9.97. The molecule has 1 fully saturated rings. The molecule has 2 aliphatic rings. The summed E-state index contributed by atoms with van der Waals surface area (Å²) in [5, 5.41) is 15.9. The molecule has 1 saturated heterocycles. The van der Waals surface area contributed by atoms with Crippen LogP contribution in [0.25, 0.3) is 10.9 Å². The van der Waals surface area contributed by atoms with Gasteiger partial charge in [0.2, 0.25) is 23.6 Å². The number of nitrogens with one attached hydrogen (secondary N) is 3. The van der Waals surface area contributed by atoms with E-state index in [4.69, 9.17) is 11.6 Å². The maximum Gasteiger partial charge on any atom is 0.352 e. The minimum atomic E-state index is -1.72. The molecule has 12 nitrogen and oxygen atoms in total. The quantitative estimate of drug-likeness (QED) is 0.0597. The first kappa shape index (κ1) is 41.5. The van der Waals surface area contributed by atoms with Crippen molar-refractivity contribution in [3.63, 3.8) is 0 Å². The van der Waals surface area contributed by atoms with Crippen LogP contribution in [0.4, 0.5) is 13.2 Å². The van der Waals surface area contributed by atoms with Gasteiger partial charge in [-0.05, 0) is 87.6 Å². The molecule has 0 saturated carbocycles. The smallest absolute Gasteiger partial charge is 0.352 e. The summed E-state index contributed by atoms with van der Waals surface area (Å²) in [5.41, 5.74) is 0.360. The molecular weight excluding hydrogens is 779 g/mol. The van der Waals surface area contributed by atoms with Gasteiger partial charge in [-0.25, -0.2) is 18.0 Å². The number of H-pyrrole nitrogens is 1. The largest absolute Gasteiger partial charge is 0.477 e. The zero-order chi connectivity index (χ0) is 42.1. The number of carboxylic acid groups (broad SMARTS) is 1. The molecule has 2 atom stereocenters. The van der Waals surface area contributed by atoms with E-state index < -0.39 is 71.0 Å². The number of aromatic carboxylic acids is 1. The SMILES string of the molecule is CC(C)(C)NC(=O)C(c1c(C(=O)O)[nH]c2cc(Cl)ccc12)N(Cc1cc(F)c(F)c(F)c1)C(=O)CCCCC#Cc1cccc2c1CN(C1CCC(=O)NC1=O)C2=O. The maximum atomic E-state index is 14.5. The van der Waals surface area contributed by atoms with E-state index in [9.17, 15) is 47.0 Å². The second kappa shape index (κ2) is 16.8. The molecule has 2 aliphatic heterocycles. The molecule has 16 heteroatoms. The van der Waals surface area contributed by atoms with Crippen LogP contribution in [0.1, 0.15) is 108 Å². The number of carboxylic acids is 1. The van der Waals surface area contributed by atoms with Gasteiger partial charge in [0.05, 0.1) is 0 Å². The van der Waals surface area contributed by atoms with E-state index in [2.05, 4.69) is 27.5 Å². The lowest BCUT2D eigenvalue weighted by molar-refractivity contribution is -0.142. The monoisotopic (exact) mass is 817 g/mol. The molecule has 0 radical (unpaired) electrons. The number of hydrogen-bond donors (Lipinski definition) is 4. The average molecular weight is 818 g/mol. The fraction of sp³-hybridized carbons (Fsp3) is 0.333. The highest BCUT2D eigenvalue weighted by Gasteiger charge is 2.40. The summed E-state index contributed by atoms with van der Waals surface area (Å²) in [5.74, 6) is -2.74. The molecule has 6 rings (SSSR count). The molecule has 5 amide bonds. The summed E-state index contributed by atoms with van der Waals surface area (Å²) >= 11 is 6.19. The Kier molecular flexibility index (Phi) is 12.0. The van der Waals surface area contributed by atoms with Crippen LogP contribution < -0.4 is 10.6 Å². The lowest BCUT2D eigenvalue weighted by Gasteiger charge is -2.34. The van der Waals surface area contributed by atoms with Crippen LogP contribution in [0.3, 0.4) is 0 Å². The number of fused-ring (bicyclic) bond motifs is 2. The second-order valence-electron chi connectivity index (χ2n) is 15.2. The number of carbonyl (C=O) groups excluding carboxylic acids is 5. The van der Waals surface area contributed by atoms with E-state index in [1.807, 2.05) is 0 Å². The van der Waals surface area contributed by atoms with Crippen LogP contribution in [-0.4, -0.2) is 67.0 Å². The predicted molar refractivity (Wildman–Crippen MR) is 206 cm³/mol. The predicted octanol–water partition coefficient (Wildman–Crippen LogP) is 6.29. The first-order valence-electron chi connectivity index (χ1n) is 18.5. The van der Waals surface area contributed by atoms with Crippen LogP contribution in [0.15, 0.2) is 48.5 Å². The summed E-state index contributed by atoms with van der Waals surface area (Å²) in [4.78, 5) is 83.7. The fourth-order valence-corrected chi connectivity index (χ4v) is 7.40. The molecule has 4 N–H and O–H groups in total. The van der Waals surface area contributed by atoms with Crippen molar-refractivity contribution in [1.82, 2.24) is 25.4 Å². The van der Waals surface area contributed by atoms with E-state index in [0.29, 0.717) is 41.7 Å². The summed E-state index contributed by atoms with van der Waals surface area (Å²) in [6.07, 6.45) is 1.06. The number of aromatic nitrogens is 1. The molecule has 3 aromatic carbocycles. The van der Waals surface area contributed by atoms with Crippen molar-refractivity contribution in [2.45, 2.75) is 90.0 Å². The maximum absolute atomic E-state index is 14.5. The van der Waals surface area contributed by atoms with Gasteiger partial charge in [-0.15, -0.1) is 0 Å². The van der Waals surface area contributed by atoms with Crippen molar-refractivity contribution in [1.29, 1.82) is 0 Å². The number of aromatic amines is 1. The Bertz CT molecular complexity index is 2410. The molecule has 2 unspecified atom stereocenters. The first-order valence-corrected chi connectivity index (χ1v) is 18.9. The summed E-state index contributed by atoms with van der Waals surface area (Å²) in [6, 6.07) is 8.52. The van der Waals surface area contributed by atoms with E-state index in [1.165, 1.54) is 23.1 Å². The standard InChI is InChI=1S/C42H39ClF3N5O7/c1-42(2,3)49-39(55)37(34-26-14-13-24(43)19-30(26)47-36(34)41(57)58)51(20-22-17-28(44)35(46)29(45)18-22)33(53)12-7-5-4-6-9-23-10-8-11-25-27(23)21-50(40(25)56)31-15-16-32(52)48-38(31)54/h8,10-11,13-14,17-19,31,37,47H,4-5,7,12,15-16,20-21H2,1-3H3,(H,49,55)(H,57,58)(H,48,52,54). The van der Waals surface area contributed by atoms with Crippen LogP contribution in [0.2, 0.25) is 5.02 Å². The van der Waals surface area contributed by atoms with Gasteiger partial charge in [0.25, 0.3) is 5.91 Å². The number of carbonyl (C=O) groups is 6. The number of piperidine rings is 1. The van der Waals surface area contributed by atoms with Crippen molar-refractivity contribution in [2.24, 2.45) is 0 Å². The highest BCUT2D eigenvalue weighted by Crippen LogP contribution is 2.36. The Morgan fingerprint density at radius 2 is 1.78 bits per heavy atom. The molecule has 0 spiro atoms. The molecule has 3 heterocycles. The molecule has 302 valence electrons. The van der Waals surface area contributed by atoms with Gasteiger partial charge in [-0.2, -0.15) is 0 Å². The van der Waals surface area contributed by atoms with Crippen molar-refractivity contribution >= 4 is 58.0 Å². The van der Waals surface area contributed by atoms with Crippen molar-refractivity contribution in [3.05, 3.63) is 105 Å². The normalized spacial score (nSPS) is 15.7. The van der Waals surface area contributed by atoms with Gasteiger partial charge >= 0.3 is 5.97 Å². The number of hydrogen-bond acceptors (Lipinski definition) is 6. The number of amides is 5. The van der Waals surface area contributed by atoms with E-state index >= 15 is 0 Å². The van der Waals surface area contributed by atoms with Gasteiger partial charge in [-0.3, -0.25) is 29.3 Å². The van der Waals surface area contributed by atoms with E-state index in [-0.39, 0.29) is 71.1 Å². The Hall–Kier alpha value is -6.14. The minimum Gasteiger partial charge on any atom is -0.477 e. The van der Waals surface area contributed by atoms with Gasteiger partial charge < -0.3 is 25.2 Å². The van der Waals surface area contributed by atoms with Crippen LogP contribution >= 0.6 is 11.6 Å². The third-order valence-electron chi connectivity index (χ3n) is 9.81. The fourth-order valence-electron chi connectivity index (χ4n) is 7.22. The molecule has 1 aromatic heterocycles. The Morgan fingerprint density at radius 1 is 1.05 bits per heavy atom. The van der Waals surface area contributed by atoms with Gasteiger partial charge in [0.15, 0.2) is 17.5 Å². The molecule has 58 heavy (non-hydrogen) atoms. The molecule has 4 aromatic rings. The lowest BCUT2D eigenvalue weighted by Crippen LogP contribution is -2.52. The van der Waals surface area contributed by atoms with E-state index in [0.717, 1.165) is 4.90 Å². The number of imide groups is 1. The molecule has 0 aliphatic carbocycles. The molecular formula is C42H39ClF3N5O7. The van der Waals surface area contributed by atoms with E-state index in [1.54, 1.807) is 39.0 Å². The second-order valence-corrected chi connectivity index (χ2v) is 15.6. The number of halogens is 4. The number of benzene rings is 3. The van der Waals surface area contributed by atoms with Gasteiger partial charge in [-0.1, -0.05) is 35.6 Å². The summed E-state index contributed by atoms with van der Waals surface area (Å²) < 4.78 is 43.0. The third-order valence-corrected chi connectivity index (χ3v) is 10.0. The van der Waals surface area contributed by atoms with Crippen molar-refractivity contribution in [2.75, 3.05) is 0 Å². The average Bonchev–Trinajstić information content (AvgIpc) is 3.68. The minimum absolute atomic E-state index is 0.0896. The highest BCUT2D eigenvalue weighted by atomic mass is 35.5. The Balaban J connectivity index is 1.25.